The number of aliphatic carboxylic acids is 2. The number of rotatable bonds is 2. The molecule has 77 valence electrons. The molecule has 1 aliphatic carbocycles. The van der Waals surface area contributed by atoms with E-state index in [0.717, 1.165) is 0 Å². The van der Waals surface area contributed by atoms with E-state index in [9.17, 15) is 19.8 Å². The first kappa shape index (κ1) is 12.4. The molecule has 2 atom stereocenters. The number of allylic oxidation sites excluding steroid dienone is 2. The van der Waals surface area contributed by atoms with Crippen LogP contribution in [-0.2, 0) is 32.0 Å². The summed E-state index contributed by atoms with van der Waals surface area (Å²) in [7, 11) is 0. The molecule has 1 radical (unpaired) electrons. The first-order chi connectivity index (χ1) is 5.63. The molecule has 1 rings (SSSR count). The molecule has 0 heterocycles. The minimum Gasteiger partial charge on any atom is -0.550 e. The van der Waals surface area contributed by atoms with Crippen molar-refractivity contribution in [2.24, 2.45) is 11.8 Å². The van der Waals surface area contributed by atoms with E-state index in [1.807, 2.05) is 0 Å². The van der Waals surface area contributed by atoms with Gasteiger partial charge in [-0.25, -0.2) is 0 Å². The van der Waals surface area contributed by atoms with Crippen molar-refractivity contribution in [3.05, 3.63) is 12.2 Å². The summed E-state index contributed by atoms with van der Waals surface area (Å²) < 4.78 is 0. The fraction of sp³-hybridized carbons (Fsp3) is 0.500. The first-order valence-electron chi connectivity index (χ1n) is 3.69. The van der Waals surface area contributed by atoms with Crippen LogP contribution in [0.3, 0.4) is 0 Å². The fourth-order valence-electron chi connectivity index (χ4n) is 1.34. The average molecular weight is 276 g/mol. The molecule has 1 aliphatic rings. The second-order valence-electron chi connectivity index (χ2n) is 2.79. The SMILES string of the molecule is O=C([O-])C1CC=CCC1C(=O)[O-].[Ag]. The Hall–Kier alpha value is -0.580. The zero-order chi connectivity index (χ0) is 9.14. The second kappa shape index (κ2) is 5.21. The molecule has 0 fully saturated rings. The van der Waals surface area contributed by atoms with Crippen LogP contribution >= 0.6 is 0 Å². The van der Waals surface area contributed by atoms with Gasteiger partial charge in [0.05, 0.1) is 0 Å². The Kier molecular flexibility index (Phi) is 4.98. The predicted octanol–water partition coefficient (Wildman–Crippen LogP) is -1.93. The van der Waals surface area contributed by atoms with Crippen molar-refractivity contribution in [1.82, 2.24) is 0 Å². The van der Waals surface area contributed by atoms with Gasteiger partial charge in [-0.15, -0.1) is 0 Å². The summed E-state index contributed by atoms with van der Waals surface area (Å²) in [6, 6.07) is 0. The normalized spacial score (nSPS) is 26.2. The number of hydrogen-bond acceptors (Lipinski definition) is 4. The monoisotopic (exact) mass is 275 g/mol. The van der Waals surface area contributed by atoms with Gasteiger partial charge in [0.2, 0.25) is 0 Å². The van der Waals surface area contributed by atoms with Gasteiger partial charge in [-0.2, -0.15) is 0 Å². The molecule has 0 aromatic carbocycles. The van der Waals surface area contributed by atoms with Crippen LogP contribution in [-0.4, -0.2) is 11.9 Å². The maximum Gasteiger partial charge on any atom is 0.0455 e. The topological polar surface area (TPSA) is 80.3 Å². The van der Waals surface area contributed by atoms with Crippen molar-refractivity contribution in [2.45, 2.75) is 12.8 Å². The number of carbonyl (C=O) groups is 2. The smallest absolute Gasteiger partial charge is 0.0455 e. The van der Waals surface area contributed by atoms with E-state index in [1.54, 1.807) is 12.2 Å². The van der Waals surface area contributed by atoms with E-state index in [0.29, 0.717) is 0 Å². The number of carboxylic acids is 2. The van der Waals surface area contributed by atoms with Crippen molar-refractivity contribution in [3.8, 4) is 0 Å². The largest absolute Gasteiger partial charge is 0.550 e. The number of hydrogen-bond donors (Lipinski definition) is 0. The van der Waals surface area contributed by atoms with Crippen LogP contribution < -0.4 is 10.2 Å². The summed E-state index contributed by atoms with van der Waals surface area (Å²) in [5, 5.41) is 20.9. The molecule has 0 spiro atoms. The Morgan fingerprint density at radius 3 is 1.54 bits per heavy atom. The van der Waals surface area contributed by atoms with Crippen LogP contribution in [0.25, 0.3) is 0 Å². The molecule has 0 saturated heterocycles. The summed E-state index contributed by atoms with van der Waals surface area (Å²) in [4.78, 5) is 20.9. The molecule has 2 unspecified atom stereocenters. The van der Waals surface area contributed by atoms with E-state index in [-0.39, 0.29) is 35.2 Å². The van der Waals surface area contributed by atoms with E-state index in [4.69, 9.17) is 0 Å². The number of carbonyl (C=O) groups excluding carboxylic acids is 2. The molecule has 0 aliphatic heterocycles. The van der Waals surface area contributed by atoms with Crippen molar-refractivity contribution in [2.75, 3.05) is 0 Å². The van der Waals surface area contributed by atoms with Crippen LogP contribution in [0.2, 0.25) is 0 Å². The third-order valence-electron chi connectivity index (χ3n) is 2.04. The second-order valence-corrected chi connectivity index (χ2v) is 2.79. The van der Waals surface area contributed by atoms with E-state index < -0.39 is 23.8 Å². The van der Waals surface area contributed by atoms with Gasteiger partial charge in [0.1, 0.15) is 0 Å². The molecular formula is C8H8AgO4-2. The van der Waals surface area contributed by atoms with Gasteiger partial charge >= 0.3 is 0 Å². The average Bonchev–Trinajstić information content (AvgIpc) is 2.04. The van der Waals surface area contributed by atoms with E-state index in [1.165, 1.54) is 0 Å². The predicted molar refractivity (Wildman–Crippen MR) is 35.4 cm³/mol. The first-order valence-corrected chi connectivity index (χ1v) is 3.69. The zero-order valence-electron chi connectivity index (χ0n) is 6.66. The molecule has 13 heavy (non-hydrogen) atoms. The molecule has 0 amide bonds. The molecule has 0 aromatic rings. The van der Waals surface area contributed by atoms with Gasteiger partial charge in [-0.05, 0) is 12.8 Å². The van der Waals surface area contributed by atoms with Gasteiger partial charge in [-0.1, -0.05) is 12.2 Å². The summed E-state index contributed by atoms with van der Waals surface area (Å²) in [5.74, 6) is -4.48. The van der Waals surface area contributed by atoms with Crippen molar-refractivity contribution >= 4 is 11.9 Å². The molecule has 4 nitrogen and oxygen atoms in total. The fourth-order valence-corrected chi connectivity index (χ4v) is 1.34. The van der Waals surface area contributed by atoms with Crippen LogP contribution in [0.5, 0.6) is 0 Å². The maximum absolute atomic E-state index is 10.4. The Bertz CT molecular complexity index is 212. The van der Waals surface area contributed by atoms with Crippen molar-refractivity contribution < 1.29 is 42.2 Å². The third kappa shape index (κ3) is 2.99. The minimum atomic E-state index is -1.31. The Morgan fingerprint density at radius 2 is 1.31 bits per heavy atom. The van der Waals surface area contributed by atoms with Gasteiger partial charge < -0.3 is 19.8 Å². The minimum absolute atomic E-state index is 0. The summed E-state index contributed by atoms with van der Waals surface area (Å²) in [6.45, 7) is 0. The molecule has 0 bridgehead atoms. The van der Waals surface area contributed by atoms with Gasteiger partial charge in [-0.3, -0.25) is 0 Å². The maximum atomic E-state index is 10.4. The Morgan fingerprint density at radius 1 is 1.00 bits per heavy atom. The van der Waals surface area contributed by atoms with Gasteiger partial charge in [0.15, 0.2) is 0 Å². The molecule has 5 heteroatoms. The van der Waals surface area contributed by atoms with Gasteiger partial charge in [0, 0.05) is 46.2 Å². The Labute approximate surface area is 91.1 Å². The molecule has 0 aromatic heterocycles. The number of carboxylic acid groups (broad SMARTS) is 2. The van der Waals surface area contributed by atoms with Crippen molar-refractivity contribution in [3.63, 3.8) is 0 Å². The van der Waals surface area contributed by atoms with Crippen LogP contribution in [0, 0.1) is 11.8 Å². The standard InChI is InChI=1S/C8H10O4.Ag/c9-7(10)5-3-1-2-4-6(5)8(11)12;/h1-2,5-6H,3-4H2,(H,9,10)(H,11,12);/p-2. The zero-order valence-corrected chi connectivity index (χ0v) is 8.14. The van der Waals surface area contributed by atoms with E-state index in [2.05, 4.69) is 0 Å². The van der Waals surface area contributed by atoms with Crippen LogP contribution in [0.1, 0.15) is 12.8 Å². The molecule has 0 N–H and O–H groups in total. The molecular weight excluding hydrogens is 268 g/mol. The van der Waals surface area contributed by atoms with Gasteiger partial charge in [0.25, 0.3) is 0 Å². The Balaban J connectivity index is 0.00000144. The summed E-state index contributed by atoms with van der Waals surface area (Å²) in [5.41, 5.74) is 0. The van der Waals surface area contributed by atoms with Crippen LogP contribution in [0.4, 0.5) is 0 Å². The summed E-state index contributed by atoms with van der Waals surface area (Å²) in [6.07, 6.45) is 3.75. The third-order valence-corrected chi connectivity index (χ3v) is 2.04. The molecule has 0 saturated carbocycles. The van der Waals surface area contributed by atoms with Crippen LogP contribution in [0.15, 0.2) is 12.2 Å². The summed E-state index contributed by atoms with van der Waals surface area (Å²) >= 11 is 0. The quantitative estimate of drug-likeness (QED) is 0.434. The van der Waals surface area contributed by atoms with Crippen molar-refractivity contribution in [1.29, 1.82) is 0 Å². The van der Waals surface area contributed by atoms with E-state index >= 15 is 0 Å².